The van der Waals surface area contributed by atoms with Crippen LogP contribution in [-0.2, 0) is 9.59 Å². The first-order chi connectivity index (χ1) is 12.9. The maximum atomic E-state index is 12.3. The van der Waals surface area contributed by atoms with Crippen molar-refractivity contribution in [2.45, 2.75) is 56.7 Å². The second-order valence-corrected chi connectivity index (χ2v) is 8.04. The molecule has 9 heteroatoms. The van der Waals surface area contributed by atoms with Gasteiger partial charge in [-0.1, -0.05) is 37.1 Å². The van der Waals surface area contributed by atoms with Gasteiger partial charge in [0.05, 0.1) is 11.0 Å². The Morgan fingerprint density at radius 3 is 2.81 bits per heavy atom. The number of thioether (sulfide) groups is 1. The highest BCUT2D eigenvalue weighted by Crippen LogP contribution is 2.28. The number of nitro groups is 1. The summed E-state index contributed by atoms with van der Waals surface area (Å²) in [5.74, 6) is -0.684. The number of aliphatic imine (C=N–C) groups is 1. The highest BCUT2D eigenvalue weighted by atomic mass is 32.2. The fraction of sp³-hybridized carbons (Fsp3) is 0.500. The molecule has 0 aromatic heterocycles. The molecule has 1 saturated heterocycles. The summed E-state index contributed by atoms with van der Waals surface area (Å²) in [6.45, 7) is 1.74. The van der Waals surface area contributed by atoms with Crippen LogP contribution in [0.1, 0.15) is 44.1 Å². The van der Waals surface area contributed by atoms with Crippen molar-refractivity contribution in [3.8, 4) is 0 Å². The fourth-order valence-corrected chi connectivity index (χ4v) is 4.28. The third-order valence-corrected chi connectivity index (χ3v) is 5.74. The third-order valence-electron chi connectivity index (χ3n) is 4.65. The predicted molar refractivity (Wildman–Crippen MR) is 105 cm³/mol. The van der Waals surface area contributed by atoms with Crippen LogP contribution in [0.3, 0.4) is 0 Å². The minimum Gasteiger partial charge on any atom is -0.320 e. The lowest BCUT2D eigenvalue weighted by Crippen LogP contribution is -2.28. The van der Waals surface area contributed by atoms with Gasteiger partial charge >= 0.3 is 0 Å². The molecule has 0 unspecified atom stereocenters. The molecule has 1 atom stereocenters. The van der Waals surface area contributed by atoms with Gasteiger partial charge in [-0.05, 0) is 31.4 Å². The Morgan fingerprint density at radius 2 is 2.11 bits per heavy atom. The van der Waals surface area contributed by atoms with E-state index in [2.05, 4.69) is 15.6 Å². The zero-order valence-electron chi connectivity index (χ0n) is 15.1. The zero-order valence-corrected chi connectivity index (χ0v) is 15.9. The fourth-order valence-electron chi connectivity index (χ4n) is 3.24. The summed E-state index contributed by atoms with van der Waals surface area (Å²) in [5.41, 5.74) is 0.704. The minimum atomic E-state index is -0.572. The first-order valence-corrected chi connectivity index (χ1v) is 9.90. The van der Waals surface area contributed by atoms with Crippen LogP contribution in [0.15, 0.2) is 23.2 Å². The number of hydrogen-bond donors (Lipinski definition) is 2. The maximum absolute atomic E-state index is 12.3. The molecule has 2 N–H and O–H groups in total. The number of benzene rings is 1. The van der Waals surface area contributed by atoms with E-state index in [1.807, 2.05) is 0 Å². The number of anilines is 1. The summed E-state index contributed by atoms with van der Waals surface area (Å²) in [7, 11) is 0. The van der Waals surface area contributed by atoms with Gasteiger partial charge < -0.3 is 10.6 Å². The molecule has 27 heavy (non-hydrogen) atoms. The highest BCUT2D eigenvalue weighted by Gasteiger charge is 2.33. The summed E-state index contributed by atoms with van der Waals surface area (Å²) < 4.78 is 0. The van der Waals surface area contributed by atoms with Crippen LogP contribution in [0, 0.1) is 17.0 Å². The molecule has 2 amide bonds. The number of carbonyl (C=O) groups is 2. The van der Waals surface area contributed by atoms with Gasteiger partial charge in [0.1, 0.15) is 10.9 Å². The summed E-state index contributed by atoms with van der Waals surface area (Å²) in [4.78, 5) is 39.7. The molecule has 2 fully saturated rings. The van der Waals surface area contributed by atoms with Crippen LogP contribution >= 0.6 is 11.8 Å². The van der Waals surface area contributed by atoms with Crippen molar-refractivity contribution in [2.75, 3.05) is 5.32 Å². The second kappa shape index (κ2) is 8.51. The van der Waals surface area contributed by atoms with Crippen LogP contribution in [-0.4, -0.2) is 33.2 Å². The molecule has 2 aliphatic rings. The van der Waals surface area contributed by atoms with Crippen molar-refractivity contribution in [1.29, 1.82) is 0 Å². The van der Waals surface area contributed by atoms with Gasteiger partial charge in [-0.15, -0.1) is 0 Å². The smallest absolute Gasteiger partial charge is 0.293 e. The lowest BCUT2D eigenvalue weighted by Gasteiger charge is -2.17. The largest absolute Gasteiger partial charge is 0.320 e. The molecular formula is C18H22N4O4S. The number of nitrogens with zero attached hydrogens (tertiary/aromatic N) is 2. The van der Waals surface area contributed by atoms with E-state index in [0.717, 1.165) is 31.2 Å². The number of nitro benzene ring substituents is 1. The lowest BCUT2D eigenvalue weighted by molar-refractivity contribution is -0.384. The molecule has 8 nitrogen and oxygen atoms in total. The van der Waals surface area contributed by atoms with Crippen molar-refractivity contribution in [3.63, 3.8) is 0 Å². The molecule has 1 aromatic rings. The number of amides is 2. The first kappa shape index (κ1) is 19.3. The van der Waals surface area contributed by atoms with Gasteiger partial charge in [-0.3, -0.25) is 24.7 Å². The Balaban J connectivity index is 1.60. The van der Waals surface area contributed by atoms with E-state index >= 15 is 0 Å². The van der Waals surface area contributed by atoms with Gasteiger partial charge in [-0.25, -0.2) is 0 Å². The Labute approximate surface area is 161 Å². The predicted octanol–water partition coefficient (Wildman–Crippen LogP) is 3.15. The summed E-state index contributed by atoms with van der Waals surface area (Å²) >= 11 is 1.26. The minimum absolute atomic E-state index is 0.0643. The average Bonchev–Trinajstić information content (AvgIpc) is 2.96. The van der Waals surface area contributed by atoms with Crippen LogP contribution in [0.2, 0.25) is 0 Å². The average molecular weight is 390 g/mol. The molecule has 0 spiro atoms. The number of nitrogens with one attached hydrogen (secondary N) is 2. The van der Waals surface area contributed by atoms with Crippen LogP contribution < -0.4 is 10.6 Å². The van der Waals surface area contributed by atoms with Gasteiger partial charge in [0.15, 0.2) is 5.17 Å². The molecule has 1 saturated carbocycles. The molecule has 144 valence electrons. The SMILES string of the molecule is Cc1ccc(NC(=O)C[C@H]2SC(=NC3CCCCC3)NC2=O)c([N+](=O)[O-])c1. The normalized spacial score (nSPS) is 21.9. The zero-order chi connectivity index (χ0) is 19.4. The van der Waals surface area contributed by atoms with E-state index in [0.29, 0.717) is 5.17 Å². The van der Waals surface area contributed by atoms with Crippen molar-refractivity contribution in [3.05, 3.63) is 33.9 Å². The van der Waals surface area contributed by atoms with Gasteiger partial charge in [0.2, 0.25) is 11.8 Å². The van der Waals surface area contributed by atoms with E-state index < -0.39 is 16.1 Å². The van der Waals surface area contributed by atoms with E-state index in [4.69, 9.17) is 0 Å². The van der Waals surface area contributed by atoms with Crippen LogP contribution in [0.4, 0.5) is 11.4 Å². The van der Waals surface area contributed by atoms with Gasteiger partial charge in [0, 0.05) is 12.5 Å². The molecule has 1 aliphatic carbocycles. The van der Waals surface area contributed by atoms with Crippen molar-refractivity contribution in [2.24, 2.45) is 4.99 Å². The van der Waals surface area contributed by atoms with E-state index in [1.54, 1.807) is 13.0 Å². The second-order valence-electron chi connectivity index (χ2n) is 6.85. The Kier molecular flexibility index (Phi) is 6.10. The van der Waals surface area contributed by atoms with Crippen molar-refractivity contribution < 1.29 is 14.5 Å². The Bertz CT molecular complexity index is 790. The molecule has 1 aliphatic heterocycles. The number of amidine groups is 1. The van der Waals surface area contributed by atoms with Crippen molar-refractivity contribution in [1.82, 2.24) is 5.32 Å². The maximum Gasteiger partial charge on any atom is 0.293 e. The number of aryl methyl sites for hydroxylation is 1. The molecule has 3 rings (SSSR count). The van der Waals surface area contributed by atoms with Gasteiger partial charge in [-0.2, -0.15) is 0 Å². The van der Waals surface area contributed by atoms with E-state index in [-0.39, 0.29) is 29.7 Å². The van der Waals surface area contributed by atoms with Crippen LogP contribution in [0.25, 0.3) is 0 Å². The number of carbonyl (C=O) groups excluding carboxylic acids is 2. The lowest BCUT2D eigenvalue weighted by atomic mass is 9.96. The molecule has 1 aromatic carbocycles. The van der Waals surface area contributed by atoms with Crippen LogP contribution in [0.5, 0.6) is 0 Å². The topological polar surface area (TPSA) is 114 Å². The quantitative estimate of drug-likeness (QED) is 0.592. The van der Waals surface area contributed by atoms with Crippen molar-refractivity contribution >= 4 is 40.1 Å². The summed E-state index contributed by atoms with van der Waals surface area (Å²) in [6, 6.07) is 4.84. The highest BCUT2D eigenvalue weighted by molar-refractivity contribution is 8.15. The number of hydrogen-bond acceptors (Lipinski definition) is 6. The third kappa shape index (κ3) is 5.06. The molecule has 0 bridgehead atoms. The van der Waals surface area contributed by atoms with E-state index in [9.17, 15) is 19.7 Å². The first-order valence-electron chi connectivity index (χ1n) is 9.02. The van der Waals surface area contributed by atoms with Gasteiger partial charge in [0.25, 0.3) is 5.69 Å². The van der Waals surface area contributed by atoms with E-state index in [1.165, 1.54) is 30.3 Å². The Hall–Kier alpha value is -2.42. The molecule has 1 heterocycles. The molecular weight excluding hydrogens is 368 g/mol. The summed E-state index contributed by atoms with van der Waals surface area (Å²) in [6.07, 6.45) is 5.53. The Morgan fingerprint density at radius 1 is 1.37 bits per heavy atom. The summed E-state index contributed by atoms with van der Waals surface area (Å²) in [5, 5.41) is 16.4. The standard InChI is InChI=1S/C18H22N4O4S/c1-11-7-8-13(14(9-11)22(25)26)20-16(23)10-15-17(24)21-18(27-15)19-12-5-3-2-4-6-12/h7-9,12,15H,2-6,10H2,1H3,(H,20,23)(H,19,21,24)/t15-/m1/s1. The molecule has 0 radical (unpaired) electrons. The monoisotopic (exact) mass is 390 g/mol. The number of rotatable bonds is 5.